The smallest absolute Gasteiger partial charge is 0.267 e. The second-order valence-electron chi connectivity index (χ2n) is 2.12. The first-order chi connectivity index (χ1) is 5.38. The number of rotatable bonds is 0. The molecule has 0 atom stereocenters. The molecule has 1 heterocycles. The Balaban J connectivity index is 2.63. The van der Waals surface area contributed by atoms with Gasteiger partial charge in [0.05, 0.1) is 11.3 Å². The van der Waals surface area contributed by atoms with Gasteiger partial charge in [-0.3, -0.25) is 4.79 Å². The van der Waals surface area contributed by atoms with E-state index in [-0.39, 0.29) is 5.91 Å². The minimum absolute atomic E-state index is 0.232. The van der Waals surface area contributed by atoms with Crippen LogP contribution in [0, 0.1) is 6.07 Å². The molecule has 52 valence electrons. The molecule has 11 heavy (non-hydrogen) atoms. The number of carbonyl (C=O) groups is 1. The van der Waals surface area contributed by atoms with E-state index in [1.54, 1.807) is 18.2 Å². The van der Waals surface area contributed by atoms with Gasteiger partial charge in [-0.05, 0) is 18.2 Å². The first kappa shape index (κ1) is 6.09. The molecule has 3 nitrogen and oxygen atoms in total. The summed E-state index contributed by atoms with van der Waals surface area (Å²) in [6, 6.07) is 7.84. The molecule has 0 bridgehead atoms. The summed E-state index contributed by atoms with van der Waals surface area (Å²) in [6.45, 7) is 0. The minimum Gasteiger partial charge on any atom is -0.267 e. The lowest BCUT2D eigenvalue weighted by Gasteiger charge is -2.05. The van der Waals surface area contributed by atoms with E-state index in [1.807, 2.05) is 0 Å². The molecular formula is C8H4N2O. The molecule has 0 unspecified atom stereocenters. The van der Waals surface area contributed by atoms with Gasteiger partial charge in [-0.2, -0.15) is 5.32 Å². The number of hydrogen-bond acceptors (Lipinski definition) is 2. The topological polar surface area (TPSA) is 43.5 Å². The summed E-state index contributed by atoms with van der Waals surface area (Å²) in [5, 5.41) is 3.53. The van der Waals surface area contributed by atoms with Crippen LogP contribution in [-0.2, 0) is 0 Å². The van der Waals surface area contributed by atoms with Gasteiger partial charge in [0.2, 0.25) is 0 Å². The third kappa shape index (κ3) is 0.902. The van der Waals surface area contributed by atoms with Gasteiger partial charge >= 0.3 is 0 Å². The van der Waals surface area contributed by atoms with Gasteiger partial charge in [-0.1, -0.05) is 6.07 Å². The van der Waals surface area contributed by atoms with Gasteiger partial charge in [0.15, 0.2) is 0 Å². The lowest BCUT2D eigenvalue weighted by Crippen LogP contribution is -2.17. The summed E-state index contributed by atoms with van der Waals surface area (Å²) >= 11 is 0. The van der Waals surface area contributed by atoms with Crippen LogP contribution in [0.15, 0.2) is 23.2 Å². The van der Waals surface area contributed by atoms with Crippen LogP contribution >= 0.6 is 0 Å². The van der Waals surface area contributed by atoms with Crippen LogP contribution < -0.4 is 5.32 Å². The molecule has 0 aromatic heterocycles. The molecule has 1 aliphatic rings. The highest BCUT2D eigenvalue weighted by molar-refractivity contribution is 6.06. The Labute approximate surface area is 63.8 Å². The van der Waals surface area contributed by atoms with Crippen LogP contribution in [0.3, 0.4) is 0 Å². The highest BCUT2D eigenvalue weighted by atomic mass is 16.1. The van der Waals surface area contributed by atoms with E-state index in [4.69, 9.17) is 0 Å². The summed E-state index contributed by atoms with van der Waals surface area (Å²) < 4.78 is 0. The predicted molar refractivity (Wildman–Crippen MR) is 39.9 cm³/mol. The number of benzene rings is 1. The van der Waals surface area contributed by atoms with Crippen LogP contribution in [0.5, 0.6) is 0 Å². The highest BCUT2D eigenvalue weighted by Crippen LogP contribution is 2.19. The van der Waals surface area contributed by atoms with Gasteiger partial charge in [0, 0.05) is 0 Å². The van der Waals surface area contributed by atoms with Crippen LogP contribution in [0.2, 0.25) is 0 Å². The van der Waals surface area contributed by atoms with Crippen LogP contribution in [-0.4, -0.2) is 12.2 Å². The average Bonchev–Trinajstić information content (AvgIpc) is 2.06. The molecule has 0 N–H and O–H groups in total. The zero-order chi connectivity index (χ0) is 7.68. The summed E-state index contributed by atoms with van der Waals surface area (Å²) in [4.78, 5) is 14.9. The summed E-state index contributed by atoms with van der Waals surface area (Å²) in [6.07, 6.45) is 1.26. The van der Waals surface area contributed by atoms with Gasteiger partial charge in [0.1, 0.15) is 6.34 Å². The van der Waals surface area contributed by atoms with Crippen molar-refractivity contribution >= 4 is 17.9 Å². The molecule has 0 spiro atoms. The minimum atomic E-state index is -0.232. The SMILES string of the molecule is O=C1[N]C=Nc2c[c]ccc21. The van der Waals surface area contributed by atoms with E-state index in [1.165, 1.54) is 6.34 Å². The first-order valence-corrected chi connectivity index (χ1v) is 3.16. The van der Waals surface area contributed by atoms with E-state index in [0.29, 0.717) is 11.3 Å². The number of aliphatic imine (C=N–C) groups is 1. The van der Waals surface area contributed by atoms with Gasteiger partial charge in [-0.15, -0.1) is 0 Å². The van der Waals surface area contributed by atoms with Gasteiger partial charge in [-0.25, -0.2) is 4.99 Å². The summed E-state index contributed by atoms with van der Waals surface area (Å²) in [5.74, 6) is -0.232. The molecule has 2 rings (SSSR count). The number of carbonyl (C=O) groups excluding carboxylic acids is 1. The Bertz CT molecular complexity index is 331. The van der Waals surface area contributed by atoms with Crippen molar-refractivity contribution in [1.82, 2.24) is 5.32 Å². The standard InChI is InChI=1S/C8H4N2O/c11-8-6-3-1-2-4-7(6)9-5-10-8/h1,3-5H. The molecule has 0 aliphatic carbocycles. The molecule has 0 saturated carbocycles. The number of hydrogen-bond donors (Lipinski definition) is 0. The zero-order valence-electron chi connectivity index (χ0n) is 5.61. The van der Waals surface area contributed by atoms with Crippen molar-refractivity contribution < 1.29 is 4.79 Å². The summed E-state index contributed by atoms with van der Waals surface area (Å²) in [5.41, 5.74) is 1.19. The van der Waals surface area contributed by atoms with E-state index in [0.717, 1.165) is 0 Å². The van der Waals surface area contributed by atoms with Crippen molar-refractivity contribution in [1.29, 1.82) is 0 Å². The Kier molecular flexibility index (Phi) is 1.22. The fourth-order valence-electron chi connectivity index (χ4n) is 0.922. The normalized spacial score (nSPS) is 14.0. The number of fused-ring (bicyclic) bond motifs is 1. The van der Waals surface area contributed by atoms with Gasteiger partial charge < -0.3 is 0 Å². The Morgan fingerprint density at radius 2 is 2.36 bits per heavy atom. The second kappa shape index (κ2) is 2.20. The van der Waals surface area contributed by atoms with Crippen molar-refractivity contribution in [3.05, 3.63) is 29.8 Å². The Hall–Kier alpha value is -1.64. The van der Waals surface area contributed by atoms with E-state index < -0.39 is 0 Å². The average molecular weight is 144 g/mol. The monoisotopic (exact) mass is 144 g/mol. The number of nitrogens with zero attached hydrogens (tertiary/aromatic N) is 2. The first-order valence-electron chi connectivity index (χ1n) is 3.16. The third-order valence-corrected chi connectivity index (χ3v) is 1.44. The fourth-order valence-corrected chi connectivity index (χ4v) is 0.922. The van der Waals surface area contributed by atoms with Gasteiger partial charge in [0.25, 0.3) is 5.91 Å². The molecule has 1 aromatic carbocycles. The van der Waals surface area contributed by atoms with Crippen LogP contribution in [0.25, 0.3) is 0 Å². The van der Waals surface area contributed by atoms with Crippen molar-refractivity contribution in [3.8, 4) is 0 Å². The van der Waals surface area contributed by atoms with E-state index >= 15 is 0 Å². The zero-order valence-corrected chi connectivity index (χ0v) is 5.61. The second-order valence-corrected chi connectivity index (χ2v) is 2.12. The largest absolute Gasteiger partial charge is 0.280 e. The van der Waals surface area contributed by atoms with Crippen LogP contribution in [0.1, 0.15) is 10.4 Å². The molecule has 1 aromatic rings. The van der Waals surface area contributed by atoms with Crippen molar-refractivity contribution in [3.63, 3.8) is 0 Å². The van der Waals surface area contributed by atoms with Crippen LogP contribution in [0.4, 0.5) is 5.69 Å². The number of amides is 1. The molecule has 1 amide bonds. The molecule has 3 heteroatoms. The maximum Gasteiger partial charge on any atom is 0.280 e. The molecule has 1 aliphatic heterocycles. The lowest BCUT2D eigenvalue weighted by atomic mass is 10.1. The van der Waals surface area contributed by atoms with Crippen molar-refractivity contribution in [2.45, 2.75) is 0 Å². The Morgan fingerprint density at radius 3 is 3.18 bits per heavy atom. The van der Waals surface area contributed by atoms with Crippen molar-refractivity contribution in [2.75, 3.05) is 0 Å². The molecule has 0 fully saturated rings. The van der Waals surface area contributed by atoms with E-state index in [9.17, 15) is 4.79 Å². The predicted octanol–water partition coefficient (Wildman–Crippen LogP) is 0.905. The Morgan fingerprint density at radius 1 is 1.45 bits per heavy atom. The maximum absolute atomic E-state index is 11.0. The van der Waals surface area contributed by atoms with E-state index in [2.05, 4.69) is 16.4 Å². The highest BCUT2D eigenvalue weighted by Gasteiger charge is 2.13. The van der Waals surface area contributed by atoms with Crippen molar-refractivity contribution in [2.24, 2.45) is 4.99 Å². The molecule has 2 radical (unpaired) electrons. The fraction of sp³-hybridized carbons (Fsp3) is 0. The lowest BCUT2D eigenvalue weighted by molar-refractivity contribution is 0.0974. The third-order valence-electron chi connectivity index (χ3n) is 1.44. The molecule has 0 saturated heterocycles. The molecular weight excluding hydrogens is 140 g/mol. The quantitative estimate of drug-likeness (QED) is 0.533. The summed E-state index contributed by atoms with van der Waals surface area (Å²) in [7, 11) is 0. The maximum atomic E-state index is 11.0.